The number of amides is 2. The maximum Gasteiger partial charge on any atom is 0.266 e. The van der Waals surface area contributed by atoms with Gasteiger partial charge in [0.2, 0.25) is 0 Å². The van der Waals surface area contributed by atoms with Crippen molar-refractivity contribution in [3.63, 3.8) is 0 Å². The summed E-state index contributed by atoms with van der Waals surface area (Å²) in [6.45, 7) is 3.91. The fourth-order valence-corrected chi connectivity index (χ4v) is 2.28. The van der Waals surface area contributed by atoms with Gasteiger partial charge in [-0.3, -0.25) is 14.4 Å². The number of carbonyl (C=O) groups excluding carboxylic acids is 2. The van der Waals surface area contributed by atoms with Crippen molar-refractivity contribution in [3.05, 3.63) is 33.8 Å². The molecule has 1 atom stereocenters. The number of rotatable bonds is 6. The summed E-state index contributed by atoms with van der Waals surface area (Å²) in [7, 11) is 1.34. The Morgan fingerprint density at radius 3 is 2.48 bits per heavy atom. The summed E-state index contributed by atoms with van der Waals surface area (Å²) in [5, 5.41) is 3.32. The molecule has 1 aromatic carbocycles. The molecule has 0 fully saturated rings. The number of nitrogens with one attached hydrogen (secondary N) is 2. The standard InChI is InChI=1S/C14H18Cl2N2O3/c1-8(2)6-12(14(20)18-21-3)17-13(19)10-5-4-9(15)7-11(10)16/h4-5,7-8,12H,6H2,1-3H3,(H,17,19)(H,18,20)/t12-/m1/s1. The van der Waals surface area contributed by atoms with E-state index < -0.39 is 17.9 Å². The van der Waals surface area contributed by atoms with E-state index in [0.29, 0.717) is 11.4 Å². The predicted octanol–water partition coefficient (Wildman–Crippen LogP) is 2.82. The molecule has 0 aliphatic carbocycles. The molecule has 0 aromatic heterocycles. The van der Waals surface area contributed by atoms with Crippen LogP contribution in [0.3, 0.4) is 0 Å². The Labute approximate surface area is 133 Å². The van der Waals surface area contributed by atoms with Gasteiger partial charge in [-0.15, -0.1) is 0 Å². The number of hydrogen-bond donors (Lipinski definition) is 2. The average Bonchev–Trinajstić information content (AvgIpc) is 2.37. The van der Waals surface area contributed by atoms with Crippen LogP contribution >= 0.6 is 23.2 Å². The number of hydroxylamine groups is 1. The topological polar surface area (TPSA) is 67.4 Å². The van der Waals surface area contributed by atoms with Crippen LogP contribution < -0.4 is 10.8 Å². The molecule has 21 heavy (non-hydrogen) atoms. The van der Waals surface area contributed by atoms with Gasteiger partial charge in [0.1, 0.15) is 6.04 Å². The van der Waals surface area contributed by atoms with Crippen LogP contribution in [-0.2, 0) is 9.63 Å². The van der Waals surface area contributed by atoms with Crippen LogP contribution in [-0.4, -0.2) is 25.0 Å². The lowest BCUT2D eigenvalue weighted by Crippen LogP contribution is -2.47. The first-order valence-electron chi connectivity index (χ1n) is 6.44. The van der Waals surface area contributed by atoms with E-state index in [4.69, 9.17) is 23.2 Å². The molecule has 0 saturated heterocycles. The van der Waals surface area contributed by atoms with Crippen LogP contribution in [0.1, 0.15) is 30.6 Å². The predicted molar refractivity (Wildman–Crippen MR) is 82.3 cm³/mol. The molecule has 7 heteroatoms. The van der Waals surface area contributed by atoms with Crippen LogP contribution in [0.25, 0.3) is 0 Å². The molecule has 0 spiro atoms. The third-order valence-corrected chi connectivity index (χ3v) is 3.26. The van der Waals surface area contributed by atoms with Gasteiger partial charge in [-0.25, -0.2) is 5.48 Å². The Morgan fingerprint density at radius 2 is 1.95 bits per heavy atom. The molecule has 2 N–H and O–H groups in total. The summed E-state index contributed by atoms with van der Waals surface area (Å²) in [5.41, 5.74) is 2.49. The minimum atomic E-state index is -0.704. The maximum atomic E-state index is 12.2. The molecule has 0 unspecified atom stereocenters. The van der Waals surface area contributed by atoms with Gasteiger partial charge in [0.25, 0.3) is 11.8 Å². The summed E-state index contributed by atoms with van der Waals surface area (Å²) in [6, 6.07) is 3.85. The van der Waals surface area contributed by atoms with Crippen molar-refractivity contribution in [2.24, 2.45) is 5.92 Å². The minimum absolute atomic E-state index is 0.221. The maximum absolute atomic E-state index is 12.2. The van der Waals surface area contributed by atoms with Gasteiger partial charge in [0, 0.05) is 5.02 Å². The molecule has 116 valence electrons. The number of benzene rings is 1. The summed E-state index contributed by atoms with van der Waals surface area (Å²) in [6.07, 6.45) is 0.478. The van der Waals surface area contributed by atoms with Gasteiger partial charge in [0.15, 0.2) is 0 Å². The third kappa shape index (κ3) is 5.53. The Bertz CT molecular complexity index is 521. The van der Waals surface area contributed by atoms with E-state index in [9.17, 15) is 9.59 Å². The van der Waals surface area contributed by atoms with E-state index >= 15 is 0 Å². The molecular formula is C14H18Cl2N2O3. The lowest BCUT2D eigenvalue weighted by atomic mass is 10.0. The molecule has 0 bridgehead atoms. The quantitative estimate of drug-likeness (QED) is 0.787. The molecule has 0 radical (unpaired) electrons. The molecule has 5 nitrogen and oxygen atoms in total. The lowest BCUT2D eigenvalue weighted by molar-refractivity contribution is -0.133. The molecule has 0 heterocycles. The Balaban J connectivity index is 2.86. The van der Waals surface area contributed by atoms with Crippen LogP contribution in [0.5, 0.6) is 0 Å². The van der Waals surface area contributed by atoms with Gasteiger partial charge < -0.3 is 5.32 Å². The van der Waals surface area contributed by atoms with Crippen LogP contribution in [0.2, 0.25) is 10.0 Å². The van der Waals surface area contributed by atoms with Gasteiger partial charge in [-0.05, 0) is 30.5 Å². The summed E-state index contributed by atoms with van der Waals surface area (Å²) >= 11 is 11.8. The van der Waals surface area contributed by atoms with Crippen molar-refractivity contribution in [2.75, 3.05) is 7.11 Å². The molecule has 0 aliphatic rings. The van der Waals surface area contributed by atoms with Crippen LogP contribution in [0.4, 0.5) is 0 Å². The molecular weight excluding hydrogens is 315 g/mol. The fraction of sp³-hybridized carbons (Fsp3) is 0.429. The van der Waals surface area contributed by atoms with E-state index in [1.54, 1.807) is 6.07 Å². The van der Waals surface area contributed by atoms with Gasteiger partial charge in [-0.1, -0.05) is 37.0 Å². The first-order chi connectivity index (χ1) is 9.85. The first kappa shape index (κ1) is 17.8. The molecule has 1 aromatic rings. The summed E-state index contributed by atoms with van der Waals surface area (Å²) in [5.74, 6) is -0.628. The zero-order valence-corrected chi connectivity index (χ0v) is 13.6. The minimum Gasteiger partial charge on any atom is -0.340 e. The second-order valence-corrected chi connectivity index (χ2v) is 5.79. The molecule has 0 aliphatic heterocycles. The first-order valence-corrected chi connectivity index (χ1v) is 7.19. The van der Waals surface area contributed by atoms with Crippen molar-refractivity contribution in [1.82, 2.24) is 10.8 Å². The van der Waals surface area contributed by atoms with Crippen molar-refractivity contribution < 1.29 is 14.4 Å². The summed E-state index contributed by atoms with van der Waals surface area (Å²) in [4.78, 5) is 28.7. The van der Waals surface area contributed by atoms with Gasteiger partial charge >= 0.3 is 0 Å². The van der Waals surface area contributed by atoms with Crippen LogP contribution in [0.15, 0.2) is 18.2 Å². The highest BCUT2D eigenvalue weighted by atomic mass is 35.5. The zero-order chi connectivity index (χ0) is 16.0. The molecule has 0 saturated carbocycles. The van der Waals surface area contributed by atoms with E-state index in [1.165, 1.54) is 19.2 Å². The smallest absolute Gasteiger partial charge is 0.266 e. The van der Waals surface area contributed by atoms with E-state index in [0.717, 1.165) is 0 Å². The van der Waals surface area contributed by atoms with Crippen molar-refractivity contribution in [3.8, 4) is 0 Å². The summed E-state index contributed by atoms with van der Waals surface area (Å²) < 4.78 is 0. The van der Waals surface area contributed by atoms with Crippen molar-refractivity contribution >= 4 is 35.0 Å². The monoisotopic (exact) mass is 332 g/mol. The highest BCUT2D eigenvalue weighted by Crippen LogP contribution is 2.21. The second-order valence-electron chi connectivity index (χ2n) is 4.95. The molecule has 2 amide bonds. The lowest BCUT2D eigenvalue weighted by Gasteiger charge is -2.19. The number of carbonyl (C=O) groups is 2. The van der Waals surface area contributed by atoms with E-state index in [1.807, 2.05) is 13.8 Å². The Kier molecular flexibility index (Phi) is 6.95. The Hall–Kier alpha value is -1.30. The average molecular weight is 333 g/mol. The Morgan fingerprint density at radius 1 is 1.29 bits per heavy atom. The van der Waals surface area contributed by atoms with Gasteiger partial charge in [-0.2, -0.15) is 0 Å². The molecule has 1 rings (SSSR count). The van der Waals surface area contributed by atoms with Gasteiger partial charge in [0.05, 0.1) is 17.7 Å². The normalized spacial score (nSPS) is 12.1. The fourth-order valence-electron chi connectivity index (χ4n) is 1.78. The van der Waals surface area contributed by atoms with E-state index in [2.05, 4.69) is 15.6 Å². The SMILES string of the molecule is CONC(=O)[C@@H](CC(C)C)NC(=O)c1ccc(Cl)cc1Cl. The zero-order valence-electron chi connectivity index (χ0n) is 12.1. The second kappa shape index (κ2) is 8.22. The highest BCUT2D eigenvalue weighted by molar-refractivity contribution is 6.36. The number of hydrogen-bond acceptors (Lipinski definition) is 3. The van der Waals surface area contributed by atoms with Crippen LogP contribution in [0, 0.1) is 5.92 Å². The number of halogens is 2. The van der Waals surface area contributed by atoms with Crippen molar-refractivity contribution in [2.45, 2.75) is 26.3 Å². The van der Waals surface area contributed by atoms with Crippen molar-refractivity contribution in [1.29, 1.82) is 0 Å². The highest BCUT2D eigenvalue weighted by Gasteiger charge is 2.23. The largest absolute Gasteiger partial charge is 0.340 e. The third-order valence-electron chi connectivity index (χ3n) is 2.71. The van der Waals surface area contributed by atoms with E-state index in [-0.39, 0.29) is 16.5 Å².